The normalized spacial score (nSPS) is 15.2. The van der Waals surface area contributed by atoms with Gasteiger partial charge in [-0.05, 0) is 12.1 Å². The molecule has 3 aromatic rings. The smallest absolute Gasteiger partial charge is 0.246 e. The van der Waals surface area contributed by atoms with Crippen LogP contribution in [0.15, 0.2) is 48.9 Å². The number of aromatic nitrogens is 4. The standard InChI is InChI=1S/C18H18N6O/c25-18(6-5-16-14-3-1-2-4-15(14)21-22-16)24-11-9-23(10-12-24)17-13-19-7-8-20-17/h1-8,13H,9-12H2,(H,21,22). The quantitative estimate of drug-likeness (QED) is 0.738. The lowest BCUT2D eigenvalue weighted by Crippen LogP contribution is -2.48. The molecule has 0 saturated carbocycles. The molecule has 1 N–H and O–H groups in total. The van der Waals surface area contributed by atoms with E-state index in [2.05, 4.69) is 25.1 Å². The molecule has 4 rings (SSSR count). The van der Waals surface area contributed by atoms with E-state index in [0.29, 0.717) is 13.1 Å². The average molecular weight is 334 g/mol. The van der Waals surface area contributed by atoms with Gasteiger partial charge in [-0.1, -0.05) is 18.2 Å². The number of fused-ring (bicyclic) bond motifs is 1. The second-order valence-corrected chi connectivity index (χ2v) is 5.86. The summed E-state index contributed by atoms with van der Waals surface area (Å²) in [6, 6.07) is 7.87. The predicted octanol–water partition coefficient (Wildman–Crippen LogP) is 1.71. The summed E-state index contributed by atoms with van der Waals surface area (Å²) >= 11 is 0. The molecule has 0 unspecified atom stereocenters. The van der Waals surface area contributed by atoms with Crippen molar-refractivity contribution in [3.63, 3.8) is 0 Å². The zero-order valence-corrected chi connectivity index (χ0v) is 13.7. The number of amides is 1. The van der Waals surface area contributed by atoms with Gasteiger partial charge in [-0.15, -0.1) is 0 Å². The highest BCUT2D eigenvalue weighted by Gasteiger charge is 2.20. The Labute approximate surface area is 145 Å². The van der Waals surface area contributed by atoms with Crippen molar-refractivity contribution < 1.29 is 4.79 Å². The molecular formula is C18H18N6O. The number of piperazine rings is 1. The summed E-state index contributed by atoms with van der Waals surface area (Å²) in [5, 5.41) is 8.24. The molecule has 0 radical (unpaired) electrons. The molecular weight excluding hydrogens is 316 g/mol. The molecule has 3 heterocycles. The second-order valence-electron chi connectivity index (χ2n) is 5.86. The molecule has 2 aromatic heterocycles. The first-order valence-corrected chi connectivity index (χ1v) is 8.22. The van der Waals surface area contributed by atoms with Crippen LogP contribution in [-0.4, -0.2) is 57.2 Å². The van der Waals surface area contributed by atoms with E-state index < -0.39 is 0 Å². The number of aromatic amines is 1. The van der Waals surface area contributed by atoms with Crippen LogP contribution in [-0.2, 0) is 4.79 Å². The highest BCUT2D eigenvalue weighted by molar-refractivity contribution is 5.95. The minimum atomic E-state index is 0.00544. The van der Waals surface area contributed by atoms with Crippen molar-refractivity contribution in [2.75, 3.05) is 31.1 Å². The van der Waals surface area contributed by atoms with E-state index >= 15 is 0 Å². The fraction of sp³-hybridized carbons (Fsp3) is 0.222. The maximum atomic E-state index is 12.4. The third-order valence-corrected chi connectivity index (χ3v) is 4.35. The van der Waals surface area contributed by atoms with Gasteiger partial charge in [-0.3, -0.25) is 14.9 Å². The van der Waals surface area contributed by atoms with E-state index in [1.807, 2.05) is 29.2 Å². The largest absolute Gasteiger partial charge is 0.352 e. The Morgan fingerprint density at radius 2 is 1.96 bits per heavy atom. The molecule has 126 valence electrons. The summed E-state index contributed by atoms with van der Waals surface area (Å²) in [4.78, 5) is 24.8. The van der Waals surface area contributed by atoms with E-state index in [9.17, 15) is 4.79 Å². The van der Waals surface area contributed by atoms with E-state index in [0.717, 1.165) is 35.5 Å². The molecule has 1 aromatic carbocycles. The third-order valence-electron chi connectivity index (χ3n) is 4.35. The van der Waals surface area contributed by atoms with Crippen molar-refractivity contribution in [2.24, 2.45) is 0 Å². The van der Waals surface area contributed by atoms with Crippen molar-refractivity contribution in [3.8, 4) is 0 Å². The molecule has 7 heteroatoms. The predicted molar refractivity (Wildman–Crippen MR) is 96.0 cm³/mol. The highest BCUT2D eigenvalue weighted by atomic mass is 16.2. The Morgan fingerprint density at radius 1 is 1.12 bits per heavy atom. The van der Waals surface area contributed by atoms with Gasteiger partial charge in [0.05, 0.1) is 17.4 Å². The van der Waals surface area contributed by atoms with E-state index in [-0.39, 0.29) is 5.91 Å². The SMILES string of the molecule is O=C(C=Cc1n[nH]c2ccccc12)N1CCN(c2cnccn2)CC1. The first-order valence-electron chi connectivity index (χ1n) is 8.22. The van der Waals surface area contributed by atoms with Crippen LogP contribution >= 0.6 is 0 Å². The molecule has 25 heavy (non-hydrogen) atoms. The van der Waals surface area contributed by atoms with Gasteiger partial charge >= 0.3 is 0 Å². The Morgan fingerprint density at radius 3 is 2.76 bits per heavy atom. The van der Waals surface area contributed by atoms with E-state index in [1.54, 1.807) is 30.7 Å². The first-order chi connectivity index (χ1) is 12.3. The Kier molecular flexibility index (Phi) is 4.12. The Balaban J connectivity index is 1.39. The van der Waals surface area contributed by atoms with Gasteiger partial charge in [-0.2, -0.15) is 5.10 Å². The Bertz CT molecular complexity index is 896. The summed E-state index contributed by atoms with van der Waals surface area (Å²) in [6.07, 6.45) is 8.47. The number of H-pyrrole nitrogens is 1. The monoisotopic (exact) mass is 334 g/mol. The summed E-state index contributed by atoms with van der Waals surface area (Å²) in [5.74, 6) is 0.860. The number of hydrogen-bond acceptors (Lipinski definition) is 5. The maximum absolute atomic E-state index is 12.4. The lowest BCUT2D eigenvalue weighted by molar-refractivity contribution is -0.126. The molecule has 0 atom stereocenters. The van der Waals surface area contributed by atoms with Crippen LogP contribution in [0.3, 0.4) is 0 Å². The lowest BCUT2D eigenvalue weighted by Gasteiger charge is -2.34. The summed E-state index contributed by atoms with van der Waals surface area (Å²) in [5.41, 5.74) is 1.74. The van der Waals surface area contributed by atoms with Crippen LogP contribution in [0.4, 0.5) is 5.82 Å². The summed E-state index contributed by atoms with van der Waals surface area (Å²) in [6.45, 7) is 2.84. The van der Waals surface area contributed by atoms with Gasteiger partial charge in [0, 0.05) is 50.0 Å². The van der Waals surface area contributed by atoms with Gasteiger partial charge in [-0.25, -0.2) is 4.98 Å². The molecule has 1 aliphatic rings. The van der Waals surface area contributed by atoms with Crippen molar-refractivity contribution >= 4 is 28.7 Å². The van der Waals surface area contributed by atoms with Gasteiger partial charge < -0.3 is 9.80 Å². The number of rotatable bonds is 3. The number of nitrogens with zero attached hydrogens (tertiary/aromatic N) is 5. The molecule has 0 bridgehead atoms. The maximum Gasteiger partial charge on any atom is 0.246 e. The molecule has 1 aliphatic heterocycles. The minimum Gasteiger partial charge on any atom is -0.352 e. The fourth-order valence-corrected chi connectivity index (χ4v) is 2.98. The van der Waals surface area contributed by atoms with Gasteiger partial charge in [0.1, 0.15) is 5.82 Å². The third kappa shape index (κ3) is 3.21. The topological polar surface area (TPSA) is 78.0 Å². The molecule has 1 fully saturated rings. The first kappa shape index (κ1) is 15.3. The number of carbonyl (C=O) groups excluding carboxylic acids is 1. The van der Waals surface area contributed by atoms with Crippen molar-refractivity contribution in [1.82, 2.24) is 25.1 Å². The number of carbonyl (C=O) groups is 1. The van der Waals surface area contributed by atoms with Crippen molar-refractivity contribution in [3.05, 3.63) is 54.6 Å². The van der Waals surface area contributed by atoms with Crippen molar-refractivity contribution in [2.45, 2.75) is 0 Å². The van der Waals surface area contributed by atoms with Gasteiger partial charge in [0.25, 0.3) is 0 Å². The van der Waals surface area contributed by atoms with Crippen LogP contribution in [0.2, 0.25) is 0 Å². The average Bonchev–Trinajstić information content (AvgIpc) is 3.10. The van der Waals surface area contributed by atoms with E-state index in [1.165, 1.54) is 0 Å². The second kappa shape index (κ2) is 6.72. The van der Waals surface area contributed by atoms with Crippen LogP contribution in [0, 0.1) is 0 Å². The van der Waals surface area contributed by atoms with Crippen molar-refractivity contribution in [1.29, 1.82) is 0 Å². The van der Waals surface area contributed by atoms with Gasteiger partial charge in [0.15, 0.2) is 0 Å². The molecule has 1 saturated heterocycles. The van der Waals surface area contributed by atoms with Crippen LogP contribution in [0.25, 0.3) is 17.0 Å². The molecule has 1 amide bonds. The number of benzene rings is 1. The zero-order valence-electron chi connectivity index (χ0n) is 13.7. The zero-order chi connectivity index (χ0) is 17.1. The lowest BCUT2D eigenvalue weighted by atomic mass is 10.2. The van der Waals surface area contributed by atoms with Crippen LogP contribution in [0.1, 0.15) is 5.69 Å². The molecule has 0 spiro atoms. The van der Waals surface area contributed by atoms with Gasteiger partial charge in [0.2, 0.25) is 5.91 Å². The number of nitrogens with one attached hydrogen (secondary N) is 1. The number of para-hydroxylation sites is 1. The minimum absolute atomic E-state index is 0.00544. The summed E-state index contributed by atoms with van der Waals surface area (Å²) in [7, 11) is 0. The number of anilines is 1. The van der Waals surface area contributed by atoms with E-state index in [4.69, 9.17) is 0 Å². The highest BCUT2D eigenvalue weighted by Crippen LogP contribution is 2.17. The molecule has 7 nitrogen and oxygen atoms in total. The van der Waals surface area contributed by atoms with Crippen LogP contribution in [0.5, 0.6) is 0 Å². The molecule has 0 aliphatic carbocycles. The Hall–Kier alpha value is -3.22. The van der Waals surface area contributed by atoms with Crippen LogP contribution < -0.4 is 4.90 Å². The summed E-state index contributed by atoms with van der Waals surface area (Å²) < 4.78 is 0. The number of hydrogen-bond donors (Lipinski definition) is 1. The fourth-order valence-electron chi connectivity index (χ4n) is 2.98.